The molecule has 0 atom stereocenters. The van der Waals surface area contributed by atoms with Crippen molar-refractivity contribution >= 4 is 10.0 Å². The van der Waals surface area contributed by atoms with Crippen molar-refractivity contribution in [2.24, 2.45) is 5.92 Å². The molecule has 2 aromatic carbocycles. The van der Waals surface area contributed by atoms with Crippen LogP contribution in [0.5, 0.6) is 5.75 Å². The first kappa shape index (κ1) is 17.9. The first-order chi connectivity index (χ1) is 12.0. The summed E-state index contributed by atoms with van der Waals surface area (Å²) in [5.41, 5.74) is 1.22. The molecule has 1 fully saturated rings. The van der Waals surface area contributed by atoms with Crippen LogP contribution in [0.25, 0.3) is 0 Å². The van der Waals surface area contributed by atoms with E-state index in [9.17, 15) is 12.8 Å². The molecule has 0 unspecified atom stereocenters. The highest BCUT2D eigenvalue weighted by Gasteiger charge is 2.31. The second kappa shape index (κ2) is 7.54. The molecule has 25 heavy (non-hydrogen) atoms. The second-order valence-corrected chi connectivity index (χ2v) is 8.24. The highest BCUT2D eigenvalue weighted by atomic mass is 32.2. The van der Waals surface area contributed by atoms with Crippen LogP contribution in [0.1, 0.15) is 18.4 Å². The highest BCUT2D eigenvalue weighted by Crippen LogP contribution is 2.27. The molecule has 0 spiro atoms. The van der Waals surface area contributed by atoms with Gasteiger partial charge >= 0.3 is 0 Å². The zero-order valence-electron chi connectivity index (χ0n) is 14.2. The zero-order valence-corrected chi connectivity index (χ0v) is 15.0. The summed E-state index contributed by atoms with van der Waals surface area (Å²) < 4.78 is 45.6. The average molecular weight is 363 g/mol. The maximum Gasteiger partial charge on any atom is 0.245 e. The Bertz CT molecular complexity index is 813. The minimum absolute atomic E-state index is 0.233. The lowest BCUT2D eigenvalue weighted by atomic mass is 9.91. The van der Waals surface area contributed by atoms with Gasteiger partial charge in [0.1, 0.15) is 16.5 Å². The van der Waals surface area contributed by atoms with Crippen LogP contribution in [0, 0.1) is 11.7 Å². The lowest BCUT2D eigenvalue weighted by Gasteiger charge is -2.31. The van der Waals surface area contributed by atoms with Gasteiger partial charge in [-0.05, 0) is 55.0 Å². The standard InChI is InChI=1S/C19H22FNO3S/c1-24-17-8-6-15(7-9-17)14-16-10-12-21(13-11-16)25(22,23)19-5-3-2-4-18(19)20/h2-9,16H,10-14H2,1H3. The summed E-state index contributed by atoms with van der Waals surface area (Å²) in [7, 11) is -2.12. The molecule has 134 valence electrons. The number of halogens is 1. The molecule has 2 aromatic rings. The molecule has 0 aliphatic carbocycles. The third kappa shape index (κ3) is 4.02. The van der Waals surface area contributed by atoms with Crippen LogP contribution < -0.4 is 4.74 Å². The lowest BCUT2D eigenvalue weighted by Crippen LogP contribution is -2.39. The number of benzene rings is 2. The predicted octanol–water partition coefficient (Wildman–Crippen LogP) is 3.48. The van der Waals surface area contributed by atoms with Crippen molar-refractivity contribution in [3.8, 4) is 5.75 Å². The maximum atomic E-state index is 13.9. The van der Waals surface area contributed by atoms with Crippen LogP contribution in [0.4, 0.5) is 4.39 Å². The van der Waals surface area contributed by atoms with E-state index >= 15 is 0 Å². The second-order valence-electron chi connectivity index (χ2n) is 6.33. The average Bonchev–Trinajstić information content (AvgIpc) is 2.63. The normalized spacial score (nSPS) is 16.7. The smallest absolute Gasteiger partial charge is 0.245 e. The summed E-state index contributed by atoms with van der Waals surface area (Å²) in [5.74, 6) is 0.567. The predicted molar refractivity (Wildman–Crippen MR) is 94.6 cm³/mol. The Morgan fingerprint density at radius 2 is 1.72 bits per heavy atom. The lowest BCUT2D eigenvalue weighted by molar-refractivity contribution is 0.272. The van der Waals surface area contributed by atoms with Crippen LogP contribution in [-0.4, -0.2) is 32.9 Å². The molecule has 1 saturated heterocycles. The molecule has 0 saturated carbocycles. The van der Waals surface area contributed by atoms with Gasteiger partial charge in [-0.3, -0.25) is 0 Å². The van der Waals surface area contributed by atoms with E-state index in [1.807, 2.05) is 24.3 Å². The molecule has 3 rings (SSSR count). The number of ether oxygens (including phenoxy) is 1. The fourth-order valence-corrected chi connectivity index (χ4v) is 4.78. The third-order valence-corrected chi connectivity index (χ3v) is 6.64. The molecule has 0 amide bonds. The summed E-state index contributed by atoms with van der Waals surface area (Å²) in [6, 6.07) is 13.5. The molecule has 0 N–H and O–H groups in total. The van der Waals surface area contributed by atoms with Gasteiger partial charge in [0.15, 0.2) is 0 Å². The molecular formula is C19H22FNO3S. The number of sulfonamides is 1. The van der Waals surface area contributed by atoms with Gasteiger partial charge in [0.05, 0.1) is 7.11 Å². The first-order valence-corrected chi connectivity index (χ1v) is 9.82. The van der Waals surface area contributed by atoms with Crippen LogP contribution in [-0.2, 0) is 16.4 Å². The van der Waals surface area contributed by atoms with Gasteiger partial charge in [0, 0.05) is 13.1 Å². The van der Waals surface area contributed by atoms with E-state index in [0.717, 1.165) is 25.0 Å². The highest BCUT2D eigenvalue weighted by molar-refractivity contribution is 7.89. The van der Waals surface area contributed by atoms with E-state index in [-0.39, 0.29) is 4.90 Å². The van der Waals surface area contributed by atoms with E-state index in [4.69, 9.17) is 4.74 Å². The molecular weight excluding hydrogens is 341 g/mol. The van der Waals surface area contributed by atoms with Crippen molar-refractivity contribution in [2.75, 3.05) is 20.2 Å². The number of hydrogen-bond donors (Lipinski definition) is 0. The molecule has 1 aliphatic rings. The summed E-state index contributed by atoms with van der Waals surface area (Å²) in [6.07, 6.45) is 2.47. The minimum Gasteiger partial charge on any atom is -0.497 e. The summed E-state index contributed by atoms with van der Waals surface area (Å²) in [6.45, 7) is 0.856. The van der Waals surface area contributed by atoms with Gasteiger partial charge in [-0.15, -0.1) is 0 Å². The fraction of sp³-hybridized carbons (Fsp3) is 0.368. The zero-order chi connectivity index (χ0) is 17.9. The largest absolute Gasteiger partial charge is 0.497 e. The van der Waals surface area contributed by atoms with E-state index in [0.29, 0.717) is 19.0 Å². The minimum atomic E-state index is -3.76. The first-order valence-electron chi connectivity index (χ1n) is 8.38. The number of methoxy groups -OCH3 is 1. The topological polar surface area (TPSA) is 46.6 Å². The summed E-state index contributed by atoms with van der Waals surface area (Å²) in [4.78, 5) is -0.233. The summed E-state index contributed by atoms with van der Waals surface area (Å²) >= 11 is 0. The SMILES string of the molecule is COc1ccc(CC2CCN(S(=O)(=O)c3ccccc3F)CC2)cc1. The van der Waals surface area contributed by atoms with Crippen molar-refractivity contribution in [3.63, 3.8) is 0 Å². The van der Waals surface area contributed by atoms with E-state index in [1.54, 1.807) is 13.2 Å². The molecule has 0 bridgehead atoms. The third-order valence-electron chi connectivity index (χ3n) is 4.71. The molecule has 6 heteroatoms. The van der Waals surface area contributed by atoms with Crippen LogP contribution in [0.15, 0.2) is 53.4 Å². The Morgan fingerprint density at radius 1 is 1.08 bits per heavy atom. The fourth-order valence-electron chi connectivity index (χ4n) is 3.24. The number of hydrogen-bond acceptors (Lipinski definition) is 3. The van der Waals surface area contributed by atoms with Crippen molar-refractivity contribution < 1.29 is 17.5 Å². The summed E-state index contributed by atoms with van der Waals surface area (Å²) in [5, 5.41) is 0. The molecule has 1 heterocycles. The molecule has 0 radical (unpaired) electrons. The van der Waals surface area contributed by atoms with Crippen LogP contribution >= 0.6 is 0 Å². The quantitative estimate of drug-likeness (QED) is 0.817. The molecule has 4 nitrogen and oxygen atoms in total. The van der Waals surface area contributed by atoms with Gasteiger partial charge < -0.3 is 4.74 Å². The van der Waals surface area contributed by atoms with Gasteiger partial charge in [-0.1, -0.05) is 24.3 Å². The Labute approximate surface area is 148 Å². The van der Waals surface area contributed by atoms with Crippen molar-refractivity contribution in [2.45, 2.75) is 24.2 Å². The van der Waals surface area contributed by atoms with Crippen LogP contribution in [0.2, 0.25) is 0 Å². The van der Waals surface area contributed by atoms with Crippen molar-refractivity contribution in [1.29, 1.82) is 0 Å². The Hall–Kier alpha value is -1.92. The van der Waals surface area contributed by atoms with Crippen LogP contribution in [0.3, 0.4) is 0 Å². The van der Waals surface area contributed by atoms with E-state index in [1.165, 1.54) is 28.1 Å². The van der Waals surface area contributed by atoms with Gasteiger partial charge in [0.2, 0.25) is 10.0 Å². The van der Waals surface area contributed by atoms with Gasteiger partial charge in [-0.2, -0.15) is 4.31 Å². The number of nitrogens with zero attached hydrogens (tertiary/aromatic N) is 1. The number of piperidine rings is 1. The van der Waals surface area contributed by atoms with E-state index < -0.39 is 15.8 Å². The maximum absolute atomic E-state index is 13.9. The van der Waals surface area contributed by atoms with Crippen molar-refractivity contribution in [1.82, 2.24) is 4.31 Å². The Balaban J connectivity index is 1.62. The number of rotatable bonds is 5. The van der Waals surface area contributed by atoms with E-state index in [2.05, 4.69) is 0 Å². The monoisotopic (exact) mass is 363 g/mol. The Morgan fingerprint density at radius 3 is 2.32 bits per heavy atom. The Kier molecular flexibility index (Phi) is 5.39. The van der Waals surface area contributed by atoms with Gasteiger partial charge in [0.25, 0.3) is 0 Å². The van der Waals surface area contributed by atoms with Crippen molar-refractivity contribution in [3.05, 3.63) is 59.9 Å². The molecule has 1 aliphatic heterocycles. The molecule has 0 aromatic heterocycles. The van der Waals surface area contributed by atoms with Gasteiger partial charge in [-0.25, -0.2) is 12.8 Å².